The van der Waals surface area contributed by atoms with Gasteiger partial charge >= 0.3 is 0 Å². The topological polar surface area (TPSA) is 26.0 Å². The highest BCUT2D eigenvalue weighted by Crippen LogP contribution is 2.18. The number of hydrogen-bond donors (Lipinski definition) is 1. The van der Waals surface area contributed by atoms with E-state index in [-0.39, 0.29) is 11.6 Å². The van der Waals surface area contributed by atoms with E-state index in [1.54, 1.807) is 0 Å². The average molecular weight is 217 g/mol. The molecule has 0 aliphatic carbocycles. The zero-order chi connectivity index (χ0) is 10.6. The number of benzene rings is 1. The summed E-state index contributed by atoms with van der Waals surface area (Å²) in [5.74, 6) is 0.0673. The van der Waals surface area contributed by atoms with Crippen molar-refractivity contribution >= 4 is 11.8 Å². The summed E-state index contributed by atoms with van der Waals surface area (Å²) in [6, 6.07) is 3.95. The molecule has 78 valence electrons. The summed E-state index contributed by atoms with van der Waals surface area (Å²) in [7, 11) is 0. The van der Waals surface area contributed by atoms with Gasteiger partial charge in [-0.2, -0.15) is 11.8 Å². The fraction of sp³-hybridized carbons (Fsp3) is 0.400. The number of nitrogens with two attached hydrogens (primary N) is 1. The van der Waals surface area contributed by atoms with Crippen LogP contribution >= 0.6 is 11.8 Å². The van der Waals surface area contributed by atoms with Crippen LogP contribution in [0.15, 0.2) is 18.2 Å². The standard InChI is InChI=1S/C10H13F2NS/c1-7(13)5-14-6-8-9(11)3-2-4-10(8)12/h2-4,7H,5-6,13H2,1H3. The molecule has 0 fully saturated rings. The predicted octanol–water partition coefficient (Wildman–Crippen LogP) is 2.55. The first-order valence-corrected chi connectivity index (χ1v) is 5.53. The molecular formula is C10H13F2NS. The molecule has 0 aliphatic heterocycles. The molecule has 0 aliphatic rings. The maximum Gasteiger partial charge on any atom is 0.130 e. The van der Waals surface area contributed by atoms with E-state index in [0.717, 1.165) is 0 Å². The van der Waals surface area contributed by atoms with Crippen molar-refractivity contribution < 1.29 is 8.78 Å². The van der Waals surface area contributed by atoms with Crippen LogP contribution in [0.5, 0.6) is 0 Å². The summed E-state index contributed by atoms with van der Waals surface area (Å²) in [4.78, 5) is 0. The summed E-state index contributed by atoms with van der Waals surface area (Å²) < 4.78 is 26.2. The minimum atomic E-state index is -0.484. The quantitative estimate of drug-likeness (QED) is 0.838. The Bertz CT molecular complexity index is 282. The molecule has 2 N–H and O–H groups in total. The van der Waals surface area contributed by atoms with Crippen LogP contribution in [0.1, 0.15) is 12.5 Å². The summed E-state index contributed by atoms with van der Waals surface area (Å²) in [5, 5.41) is 0. The van der Waals surface area contributed by atoms with Gasteiger partial charge in [0, 0.05) is 23.1 Å². The highest BCUT2D eigenvalue weighted by atomic mass is 32.2. The molecule has 1 atom stereocenters. The van der Waals surface area contributed by atoms with Crippen LogP contribution in [0.3, 0.4) is 0 Å². The second kappa shape index (κ2) is 5.32. The van der Waals surface area contributed by atoms with Crippen molar-refractivity contribution in [2.45, 2.75) is 18.7 Å². The fourth-order valence-corrected chi connectivity index (χ4v) is 1.99. The zero-order valence-corrected chi connectivity index (χ0v) is 8.78. The van der Waals surface area contributed by atoms with Gasteiger partial charge < -0.3 is 5.73 Å². The summed E-state index contributed by atoms with van der Waals surface area (Å²) in [5.41, 5.74) is 5.66. The molecule has 0 bridgehead atoms. The maximum atomic E-state index is 13.1. The second-order valence-corrected chi connectivity index (χ2v) is 4.22. The predicted molar refractivity (Wildman–Crippen MR) is 56.2 cm³/mol. The third-order valence-corrected chi connectivity index (χ3v) is 2.94. The average Bonchev–Trinajstić information content (AvgIpc) is 2.09. The lowest BCUT2D eigenvalue weighted by atomic mass is 10.2. The Morgan fingerprint density at radius 1 is 1.36 bits per heavy atom. The van der Waals surface area contributed by atoms with Crippen molar-refractivity contribution in [2.24, 2.45) is 5.73 Å². The van der Waals surface area contributed by atoms with Crippen molar-refractivity contribution in [1.29, 1.82) is 0 Å². The summed E-state index contributed by atoms with van der Waals surface area (Å²) >= 11 is 1.44. The van der Waals surface area contributed by atoms with Gasteiger partial charge in [0.25, 0.3) is 0 Å². The molecule has 4 heteroatoms. The molecule has 0 saturated heterocycles. The Hall–Kier alpha value is -0.610. The third-order valence-electron chi connectivity index (χ3n) is 1.69. The van der Waals surface area contributed by atoms with E-state index >= 15 is 0 Å². The molecule has 1 nitrogen and oxygen atoms in total. The molecule has 0 amide bonds. The zero-order valence-electron chi connectivity index (χ0n) is 7.97. The van der Waals surface area contributed by atoms with Gasteiger partial charge in [-0.15, -0.1) is 0 Å². The molecule has 1 unspecified atom stereocenters. The van der Waals surface area contributed by atoms with Crippen molar-refractivity contribution in [3.8, 4) is 0 Å². The van der Waals surface area contributed by atoms with E-state index in [1.165, 1.54) is 30.0 Å². The lowest BCUT2D eigenvalue weighted by Crippen LogP contribution is -2.17. The van der Waals surface area contributed by atoms with Crippen molar-refractivity contribution in [3.05, 3.63) is 35.4 Å². The first-order chi connectivity index (χ1) is 6.61. The van der Waals surface area contributed by atoms with Gasteiger partial charge in [-0.25, -0.2) is 8.78 Å². The Morgan fingerprint density at radius 2 is 1.93 bits per heavy atom. The number of halogens is 2. The number of thioether (sulfide) groups is 1. The van der Waals surface area contributed by atoms with Gasteiger partial charge in [-0.1, -0.05) is 6.07 Å². The van der Waals surface area contributed by atoms with Crippen LogP contribution < -0.4 is 5.73 Å². The maximum absolute atomic E-state index is 13.1. The monoisotopic (exact) mass is 217 g/mol. The lowest BCUT2D eigenvalue weighted by molar-refractivity contribution is 0.566. The Morgan fingerprint density at radius 3 is 2.43 bits per heavy atom. The molecule has 0 aromatic heterocycles. The van der Waals surface area contributed by atoms with Crippen LogP contribution in [0, 0.1) is 11.6 Å². The smallest absolute Gasteiger partial charge is 0.130 e. The van der Waals surface area contributed by atoms with Crippen LogP contribution in [0.4, 0.5) is 8.78 Å². The second-order valence-electron chi connectivity index (χ2n) is 3.19. The van der Waals surface area contributed by atoms with Crippen LogP contribution in [0.2, 0.25) is 0 Å². The van der Waals surface area contributed by atoms with Gasteiger partial charge in [0.1, 0.15) is 11.6 Å². The summed E-state index contributed by atoms with van der Waals surface area (Å²) in [6.07, 6.45) is 0. The summed E-state index contributed by atoms with van der Waals surface area (Å²) in [6.45, 7) is 1.87. The van der Waals surface area contributed by atoms with Gasteiger partial charge in [0.2, 0.25) is 0 Å². The van der Waals surface area contributed by atoms with Crippen molar-refractivity contribution in [3.63, 3.8) is 0 Å². The van der Waals surface area contributed by atoms with Crippen LogP contribution in [0.25, 0.3) is 0 Å². The highest BCUT2D eigenvalue weighted by Gasteiger charge is 2.08. The normalized spacial score (nSPS) is 12.9. The SMILES string of the molecule is CC(N)CSCc1c(F)cccc1F. The Kier molecular flexibility index (Phi) is 4.35. The molecule has 0 radical (unpaired) electrons. The van der Waals surface area contributed by atoms with Gasteiger partial charge in [0.15, 0.2) is 0 Å². The molecule has 1 aromatic carbocycles. The van der Waals surface area contributed by atoms with E-state index < -0.39 is 11.6 Å². The van der Waals surface area contributed by atoms with Crippen LogP contribution in [-0.4, -0.2) is 11.8 Å². The minimum Gasteiger partial charge on any atom is -0.327 e. The number of rotatable bonds is 4. The largest absolute Gasteiger partial charge is 0.327 e. The molecule has 14 heavy (non-hydrogen) atoms. The van der Waals surface area contributed by atoms with E-state index in [2.05, 4.69) is 0 Å². The molecule has 0 spiro atoms. The molecule has 1 aromatic rings. The molecule has 0 heterocycles. The van der Waals surface area contributed by atoms with Crippen molar-refractivity contribution in [1.82, 2.24) is 0 Å². The van der Waals surface area contributed by atoms with E-state index in [9.17, 15) is 8.78 Å². The first kappa shape index (κ1) is 11.5. The molecular weight excluding hydrogens is 204 g/mol. The lowest BCUT2D eigenvalue weighted by Gasteiger charge is -2.06. The minimum absolute atomic E-state index is 0.0508. The Balaban J connectivity index is 2.58. The first-order valence-electron chi connectivity index (χ1n) is 4.37. The number of hydrogen-bond acceptors (Lipinski definition) is 2. The van der Waals surface area contributed by atoms with E-state index in [1.807, 2.05) is 6.92 Å². The Labute approximate surface area is 86.7 Å². The fourth-order valence-electron chi connectivity index (χ4n) is 1.02. The molecule has 0 saturated carbocycles. The van der Waals surface area contributed by atoms with Crippen LogP contribution in [-0.2, 0) is 5.75 Å². The highest BCUT2D eigenvalue weighted by molar-refractivity contribution is 7.98. The van der Waals surface area contributed by atoms with Gasteiger partial charge in [-0.05, 0) is 19.1 Å². The molecule has 1 rings (SSSR count). The van der Waals surface area contributed by atoms with Gasteiger partial charge in [0.05, 0.1) is 0 Å². The van der Waals surface area contributed by atoms with Crippen molar-refractivity contribution in [2.75, 3.05) is 5.75 Å². The van der Waals surface area contributed by atoms with E-state index in [4.69, 9.17) is 5.73 Å². The third kappa shape index (κ3) is 3.27. The van der Waals surface area contributed by atoms with E-state index in [0.29, 0.717) is 11.5 Å². The van der Waals surface area contributed by atoms with Gasteiger partial charge in [-0.3, -0.25) is 0 Å².